The maximum atomic E-state index is 5.87. The van der Waals surface area contributed by atoms with E-state index in [9.17, 15) is 0 Å². The van der Waals surface area contributed by atoms with Gasteiger partial charge in [0.25, 0.3) is 0 Å². The highest BCUT2D eigenvalue weighted by molar-refractivity contribution is 5.39. The third-order valence-corrected chi connectivity index (χ3v) is 3.64. The second-order valence-electron chi connectivity index (χ2n) is 5.40. The first-order valence-electron chi connectivity index (χ1n) is 7.97. The van der Waals surface area contributed by atoms with Crippen molar-refractivity contribution in [3.8, 4) is 11.5 Å². The molecule has 0 spiro atoms. The molecular weight excluding hydrogens is 250 g/mol. The van der Waals surface area contributed by atoms with Gasteiger partial charge in [0, 0.05) is 6.54 Å². The summed E-state index contributed by atoms with van der Waals surface area (Å²) >= 11 is 0. The van der Waals surface area contributed by atoms with Crippen LogP contribution < -0.4 is 9.47 Å². The molecule has 1 aromatic rings. The fourth-order valence-electron chi connectivity index (χ4n) is 2.55. The Morgan fingerprint density at radius 2 is 1.60 bits per heavy atom. The van der Waals surface area contributed by atoms with Crippen LogP contribution >= 0.6 is 0 Å². The summed E-state index contributed by atoms with van der Waals surface area (Å²) < 4.78 is 11.6. The van der Waals surface area contributed by atoms with E-state index >= 15 is 0 Å². The summed E-state index contributed by atoms with van der Waals surface area (Å²) in [6.07, 6.45) is 6.21. The zero-order valence-electron chi connectivity index (χ0n) is 12.6. The molecule has 1 aliphatic rings. The van der Waals surface area contributed by atoms with Gasteiger partial charge in [-0.2, -0.15) is 0 Å². The molecule has 112 valence electrons. The van der Waals surface area contributed by atoms with E-state index in [1.54, 1.807) is 0 Å². The molecule has 0 bridgehead atoms. The van der Waals surface area contributed by atoms with Crippen molar-refractivity contribution >= 4 is 0 Å². The number of rotatable bonds is 8. The van der Waals surface area contributed by atoms with Gasteiger partial charge in [-0.1, -0.05) is 25.5 Å². The van der Waals surface area contributed by atoms with Gasteiger partial charge in [0.2, 0.25) is 0 Å². The third-order valence-electron chi connectivity index (χ3n) is 3.64. The zero-order chi connectivity index (χ0) is 14.0. The first kappa shape index (κ1) is 15.2. The summed E-state index contributed by atoms with van der Waals surface area (Å²) in [6.45, 7) is 7.30. The molecule has 0 saturated carbocycles. The molecule has 0 aliphatic carbocycles. The normalized spacial score (nSPS) is 16.1. The number of para-hydroxylation sites is 2. The Morgan fingerprint density at radius 1 is 0.950 bits per heavy atom. The van der Waals surface area contributed by atoms with Gasteiger partial charge < -0.3 is 14.4 Å². The molecule has 0 atom stereocenters. The summed E-state index contributed by atoms with van der Waals surface area (Å²) in [4.78, 5) is 2.55. The maximum Gasteiger partial charge on any atom is 0.161 e. The number of hydrogen-bond donors (Lipinski definition) is 0. The van der Waals surface area contributed by atoms with Gasteiger partial charge >= 0.3 is 0 Å². The van der Waals surface area contributed by atoms with Crippen LogP contribution in [0.15, 0.2) is 24.3 Å². The molecule has 1 aliphatic heterocycles. The topological polar surface area (TPSA) is 21.7 Å². The number of ether oxygens (including phenoxy) is 2. The van der Waals surface area contributed by atoms with Crippen molar-refractivity contribution in [1.29, 1.82) is 0 Å². The minimum absolute atomic E-state index is 0.744. The van der Waals surface area contributed by atoms with Crippen molar-refractivity contribution in [3.05, 3.63) is 24.3 Å². The van der Waals surface area contributed by atoms with Gasteiger partial charge in [0.1, 0.15) is 0 Å². The predicted molar refractivity (Wildman–Crippen MR) is 82.6 cm³/mol. The van der Waals surface area contributed by atoms with Crippen LogP contribution in [-0.2, 0) is 0 Å². The predicted octanol–water partition coefficient (Wildman–Crippen LogP) is 3.73. The Hall–Kier alpha value is -1.22. The minimum Gasteiger partial charge on any atom is -0.490 e. The highest BCUT2D eigenvalue weighted by Crippen LogP contribution is 2.26. The summed E-state index contributed by atoms with van der Waals surface area (Å²) in [5, 5.41) is 0. The fourth-order valence-corrected chi connectivity index (χ4v) is 2.55. The number of nitrogens with zero attached hydrogens (tertiary/aromatic N) is 1. The minimum atomic E-state index is 0.744. The van der Waals surface area contributed by atoms with Crippen molar-refractivity contribution in [2.45, 2.75) is 39.0 Å². The van der Waals surface area contributed by atoms with Crippen LogP contribution in [0.25, 0.3) is 0 Å². The lowest BCUT2D eigenvalue weighted by Gasteiger charge is -2.26. The fraction of sp³-hybridized carbons (Fsp3) is 0.647. The molecule has 0 radical (unpaired) electrons. The molecule has 20 heavy (non-hydrogen) atoms. The monoisotopic (exact) mass is 277 g/mol. The first-order chi connectivity index (χ1) is 9.90. The zero-order valence-corrected chi connectivity index (χ0v) is 12.6. The molecule has 0 aromatic heterocycles. The van der Waals surface area contributed by atoms with Gasteiger partial charge in [0.05, 0.1) is 13.2 Å². The van der Waals surface area contributed by atoms with E-state index in [0.717, 1.165) is 44.1 Å². The number of hydrogen-bond acceptors (Lipinski definition) is 3. The van der Waals surface area contributed by atoms with Crippen molar-refractivity contribution in [1.82, 2.24) is 4.90 Å². The highest BCUT2D eigenvalue weighted by Gasteiger charge is 2.09. The quantitative estimate of drug-likeness (QED) is 0.676. The van der Waals surface area contributed by atoms with Gasteiger partial charge in [-0.05, 0) is 50.9 Å². The largest absolute Gasteiger partial charge is 0.490 e. The van der Waals surface area contributed by atoms with Crippen LogP contribution in [0.5, 0.6) is 11.5 Å². The van der Waals surface area contributed by atoms with E-state index in [1.807, 2.05) is 24.3 Å². The number of piperidine rings is 1. The lowest BCUT2D eigenvalue weighted by molar-refractivity contribution is 0.201. The lowest BCUT2D eigenvalue weighted by Crippen LogP contribution is -2.31. The number of likely N-dealkylation sites (tertiary alicyclic amines) is 1. The van der Waals surface area contributed by atoms with Crippen LogP contribution in [0.2, 0.25) is 0 Å². The van der Waals surface area contributed by atoms with E-state index in [2.05, 4.69) is 11.8 Å². The molecule has 3 heteroatoms. The Labute approximate surface area is 122 Å². The second-order valence-corrected chi connectivity index (χ2v) is 5.40. The van der Waals surface area contributed by atoms with E-state index in [0.29, 0.717) is 0 Å². The van der Waals surface area contributed by atoms with E-state index in [1.165, 1.54) is 32.4 Å². The van der Waals surface area contributed by atoms with E-state index in [4.69, 9.17) is 9.47 Å². The molecular formula is C17H27NO2. The van der Waals surface area contributed by atoms with E-state index < -0.39 is 0 Å². The average molecular weight is 277 g/mol. The second kappa shape index (κ2) is 8.85. The van der Waals surface area contributed by atoms with Gasteiger partial charge in [0.15, 0.2) is 11.5 Å². The standard InChI is InChI=1S/C17H27NO2/c1-2-14-19-16-9-4-5-10-17(16)20-15-8-13-18-11-6-3-7-12-18/h4-5,9-10H,2-3,6-8,11-15H2,1H3. The van der Waals surface area contributed by atoms with Gasteiger partial charge in [-0.15, -0.1) is 0 Å². The molecule has 1 fully saturated rings. The molecule has 1 aromatic carbocycles. The third kappa shape index (κ3) is 5.04. The Morgan fingerprint density at radius 3 is 2.25 bits per heavy atom. The van der Waals surface area contributed by atoms with Crippen LogP contribution in [0, 0.1) is 0 Å². The Kier molecular flexibility index (Phi) is 6.72. The highest BCUT2D eigenvalue weighted by atomic mass is 16.5. The van der Waals surface area contributed by atoms with Crippen LogP contribution in [0.4, 0.5) is 0 Å². The van der Waals surface area contributed by atoms with Crippen LogP contribution in [0.1, 0.15) is 39.0 Å². The van der Waals surface area contributed by atoms with Crippen LogP contribution in [0.3, 0.4) is 0 Å². The molecule has 0 amide bonds. The molecule has 0 unspecified atom stereocenters. The molecule has 0 N–H and O–H groups in total. The Bertz CT molecular complexity index is 375. The van der Waals surface area contributed by atoms with E-state index in [-0.39, 0.29) is 0 Å². The molecule has 3 nitrogen and oxygen atoms in total. The van der Waals surface area contributed by atoms with Crippen molar-refractivity contribution in [2.75, 3.05) is 32.8 Å². The molecule has 1 saturated heterocycles. The van der Waals surface area contributed by atoms with Crippen molar-refractivity contribution in [3.63, 3.8) is 0 Å². The lowest BCUT2D eigenvalue weighted by atomic mass is 10.1. The summed E-state index contributed by atoms with van der Waals surface area (Å²) in [6, 6.07) is 7.96. The summed E-state index contributed by atoms with van der Waals surface area (Å²) in [7, 11) is 0. The van der Waals surface area contributed by atoms with Crippen LogP contribution in [-0.4, -0.2) is 37.7 Å². The molecule has 2 rings (SSSR count). The maximum absolute atomic E-state index is 5.87. The van der Waals surface area contributed by atoms with Gasteiger partial charge in [-0.3, -0.25) is 0 Å². The summed E-state index contributed by atoms with van der Waals surface area (Å²) in [5.41, 5.74) is 0. The average Bonchev–Trinajstić information content (AvgIpc) is 2.51. The van der Waals surface area contributed by atoms with Crippen molar-refractivity contribution < 1.29 is 9.47 Å². The number of benzene rings is 1. The smallest absolute Gasteiger partial charge is 0.161 e. The SMILES string of the molecule is CCCOc1ccccc1OCCCN1CCCCC1. The Balaban J connectivity index is 1.70. The molecule has 1 heterocycles. The first-order valence-corrected chi connectivity index (χ1v) is 7.97. The van der Waals surface area contributed by atoms with Gasteiger partial charge in [-0.25, -0.2) is 0 Å². The summed E-state index contributed by atoms with van der Waals surface area (Å²) in [5.74, 6) is 1.74. The van der Waals surface area contributed by atoms with Crippen molar-refractivity contribution in [2.24, 2.45) is 0 Å².